The lowest BCUT2D eigenvalue weighted by atomic mass is 9.96. The van der Waals surface area contributed by atoms with Crippen LogP contribution in [0.3, 0.4) is 0 Å². The van der Waals surface area contributed by atoms with Gasteiger partial charge in [-0.05, 0) is 6.92 Å². The highest BCUT2D eigenvalue weighted by molar-refractivity contribution is 5.85. The van der Waals surface area contributed by atoms with Crippen LogP contribution >= 0.6 is 12.4 Å². The van der Waals surface area contributed by atoms with E-state index < -0.39 is 0 Å². The Hall–Kier alpha value is -1.18. The molecule has 0 aromatic carbocycles. The van der Waals surface area contributed by atoms with E-state index in [0.29, 0.717) is 31.3 Å². The molecule has 2 rings (SSSR count). The van der Waals surface area contributed by atoms with Gasteiger partial charge in [-0.15, -0.1) is 12.4 Å². The summed E-state index contributed by atoms with van der Waals surface area (Å²) in [5.41, 5.74) is -0.172. The molecule has 2 unspecified atom stereocenters. The van der Waals surface area contributed by atoms with Crippen LogP contribution in [0.15, 0.2) is 4.52 Å². The fraction of sp³-hybridized carbons (Fsp3) is 0.786. The van der Waals surface area contributed by atoms with Gasteiger partial charge in [0.1, 0.15) is 6.04 Å². The summed E-state index contributed by atoms with van der Waals surface area (Å²) in [5, 5.41) is 10.1. The molecule has 2 N–H and O–H groups in total. The molecule has 1 aliphatic rings. The number of rotatable bonds is 4. The Balaban J connectivity index is 0.00000242. The number of amides is 1. The normalized spacial score (nSPS) is 20.1. The minimum Gasteiger partial charge on any atom is -0.378 e. The molecule has 1 aromatic heterocycles. The molecule has 2 heterocycles. The maximum Gasteiger partial charge on any atom is 0.248 e. The van der Waals surface area contributed by atoms with E-state index in [2.05, 4.69) is 20.8 Å². The molecule has 0 saturated carbocycles. The Morgan fingerprint density at radius 1 is 1.50 bits per heavy atom. The largest absolute Gasteiger partial charge is 0.378 e. The molecule has 1 fully saturated rings. The van der Waals surface area contributed by atoms with Crippen LogP contribution in [0.5, 0.6) is 0 Å². The Kier molecular flexibility index (Phi) is 6.77. The second-order valence-corrected chi connectivity index (χ2v) is 6.43. The molecule has 0 aliphatic carbocycles. The van der Waals surface area contributed by atoms with Gasteiger partial charge < -0.3 is 19.9 Å². The third-order valence-corrected chi connectivity index (χ3v) is 3.29. The van der Waals surface area contributed by atoms with Crippen LogP contribution in [-0.2, 0) is 14.9 Å². The van der Waals surface area contributed by atoms with E-state index in [1.165, 1.54) is 0 Å². The first-order chi connectivity index (χ1) is 9.86. The number of hydrogen-bond donors (Lipinski definition) is 2. The quantitative estimate of drug-likeness (QED) is 0.865. The molecular formula is C14H25ClN4O3. The van der Waals surface area contributed by atoms with Gasteiger partial charge in [-0.3, -0.25) is 4.79 Å². The zero-order chi connectivity index (χ0) is 15.5. The van der Waals surface area contributed by atoms with E-state index in [1.807, 2.05) is 27.7 Å². The summed E-state index contributed by atoms with van der Waals surface area (Å²) >= 11 is 0. The van der Waals surface area contributed by atoms with Crippen molar-refractivity contribution >= 4 is 18.3 Å². The SMILES string of the molecule is CC(NC(=O)CC1COCCN1)c1nc(C(C)(C)C)no1.Cl. The summed E-state index contributed by atoms with van der Waals surface area (Å²) in [6, 6.07) is -0.232. The van der Waals surface area contributed by atoms with Crippen molar-refractivity contribution in [2.75, 3.05) is 19.8 Å². The van der Waals surface area contributed by atoms with Gasteiger partial charge in [0.2, 0.25) is 11.8 Å². The van der Waals surface area contributed by atoms with Crippen molar-refractivity contribution in [1.82, 2.24) is 20.8 Å². The third-order valence-electron chi connectivity index (χ3n) is 3.29. The molecule has 0 bridgehead atoms. The highest BCUT2D eigenvalue weighted by atomic mass is 35.5. The fourth-order valence-corrected chi connectivity index (χ4v) is 2.05. The summed E-state index contributed by atoms with van der Waals surface area (Å²) in [6.07, 6.45) is 0.380. The Bertz CT molecular complexity index is 481. The van der Waals surface area contributed by atoms with Crippen LogP contribution in [0.2, 0.25) is 0 Å². The van der Waals surface area contributed by atoms with E-state index in [1.54, 1.807) is 0 Å². The summed E-state index contributed by atoms with van der Waals surface area (Å²) in [7, 11) is 0. The zero-order valence-electron chi connectivity index (χ0n) is 13.5. The number of aromatic nitrogens is 2. The van der Waals surface area contributed by atoms with E-state index in [9.17, 15) is 4.79 Å². The monoisotopic (exact) mass is 332 g/mol. The van der Waals surface area contributed by atoms with Gasteiger partial charge in [0.15, 0.2) is 5.82 Å². The first-order valence-corrected chi connectivity index (χ1v) is 7.31. The van der Waals surface area contributed by atoms with Crippen LogP contribution in [0.4, 0.5) is 0 Å². The van der Waals surface area contributed by atoms with Crippen molar-refractivity contribution in [2.45, 2.75) is 51.6 Å². The predicted octanol–water partition coefficient (Wildman–Crippen LogP) is 1.34. The second kappa shape index (κ2) is 7.89. The molecule has 126 valence electrons. The van der Waals surface area contributed by atoms with Gasteiger partial charge >= 0.3 is 0 Å². The number of carbonyl (C=O) groups is 1. The van der Waals surface area contributed by atoms with Crippen molar-refractivity contribution in [3.8, 4) is 0 Å². The standard InChI is InChI=1S/C14H24N4O3.ClH/c1-9(12-17-13(18-21-12)14(2,3)4)16-11(19)7-10-8-20-6-5-15-10;/h9-10,15H,5-8H2,1-4H3,(H,16,19);1H. The molecule has 22 heavy (non-hydrogen) atoms. The lowest BCUT2D eigenvalue weighted by Gasteiger charge is -2.23. The minimum absolute atomic E-state index is 0. The number of carbonyl (C=O) groups excluding carboxylic acids is 1. The van der Waals surface area contributed by atoms with Crippen molar-refractivity contribution in [3.63, 3.8) is 0 Å². The number of halogens is 1. The van der Waals surface area contributed by atoms with Crippen LogP contribution in [0.25, 0.3) is 0 Å². The lowest BCUT2D eigenvalue weighted by molar-refractivity contribution is -0.123. The molecule has 7 nitrogen and oxygen atoms in total. The average molecular weight is 333 g/mol. The molecule has 1 aliphatic heterocycles. The molecule has 8 heteroatoms. The molecule has 2 atom stereocenters. The van der Waals surface area contributed by atoms with Crippen molar-refractivity contribution in [2.24, 2.45) is 0 Å². The minimum atomic E-state index is -0.300. The van der Waals surface area contributed by atoms with Crippen molar-refractivity contribution < 1.29 is 14.1 Å². The maximum atomic E-state index is 12.0. The Labute approximate surface area is 137 Å². The number of ether oxygens (including phenoxy) is 1. The van der Waals surface area contributed by atoms with E-state index in [-0.39, 0.29) is 35.8 Å². The molecule has 1 saturated heterocycles. The van der Waals surface area contributed by atoms with Gasteiger partial charge in [-0.25, -0.2) is 0 Å². The van der Waals surface area contributed by atoms with Gasteiger partial charge in [0, 0.05) is 24.4 Å². The van der Waals surface area contributed by atoms with Gasteiger partial charge in [-0.1, -0.05) is 25.9 Å². The number of nitrogens with one attached hydrogen (secondary N) is 2. The number of nitrogens with zero attached hydrogens (tertiary/aromatic N) is 2. The van der Waals surface area contributed by atoms with Crippen LogP contribution in [0, 0.1) is 0 Å². The molecule has 0 spiro atoms. The lowest BCUT2D eigenvalue weighted by Crippen LogP contribution is -2.44. The number of morpholine rings is 1. The Morgan fingerprint density at radius 3 is 2.77 bits per heavy atom. The van der Waals surface area contributed by atoms with E-state index >= 15 is 0 Å². The van der Waals surface area contributed by atoms with Crippen molar-refractivity contribution in [3.05, 3.63) is 11.7 Å². The first kappa shape index (κ1) is 18.9. The van der Waals surface area contributed by atoms with Gasteiger partial charge in [0.05, 0.1) is 13.2 Å². The summed E-state index contributed by atoms with van der Waals surface area (Å²) < 4.78 is 10.6. The third kappa shape index (κ3) is 5.23. The first-order valence-electron chi connectivity index (χ1n) is 7.31. The van der Waals surface area contributed by atoms with E-state index in [0.717, 1.165) is 6.54 Å². The van der Waals surface area contributed by atoms with Crippen LogP contribution < -0.4 is 10.6 Å². The smallest absolute Gasteiger partial charge is 0.248 e. The topological polar surface area (TPSA) is 89.3 Å². The highest BCUT2D eigenvalue weighted by Gasteiger charge is 2.24. The van der Waals surface area contributed by atoms with E-state index in [4.69, 9.17) is 9.26 Å². The maximum absolute atomic E-state index is 12.0. The summed E-state index contributed by atoms with van der Waals surface area (Å²) in [4.78, 5) is 16.4. The predicted molar refractivity (Wildman–Crippen MR) is 84.0 cm³/mol. The second-order valence-electron chi connectivity index (χ2n) is 6.43. The van der Waals surface area contributed by atoms with Crippen LogP contribution in [-0.4, -0.2) is 41.8 Å². The molecular weight excluding hydrogens is 308 g/mol. The number of hydrogen-bond acceptors (Lipinski definition) is 6. The summed E-state index contributed by atoms with van der Waals surface area (Å²) in [6.45, 7) is 9.93. The van der Waals surface area contributed by atoms with Gasteiger partial charge in [-0.2, -0.15) is 4.98 Å². The zero-order valence-corrected chi connectivity index (χ0v) is 14.3. The summed E-state index contributed by atoms with van der Waals surface area (Å²) in [5.74, 6) is 1.02. The molecule has 1 aromatic rings. The molecule has 1 amide bonds. The Morgan fingerprint density at radius 2 is 2.23 bits per heavy atom. The molecule has 0 radical (unpaired) electrons. The van der Waals surface area contributed by atoms with Crippen molar-refractivity contribution in [1.29, 1.82) is 0 Å². The average Bonchev–Trinajstić information content (AvgIpc) is 2.89. The fourth-order valence-electron chi connectivity index (χ4n) is 2.05. The van der Waals surface area contributed by atoms with Crippen LogP contribution in [0.1, 0.15) is 51.9 Å². The van der Waals surface area contributed by atoms with Gasteiger partial charge in [0.25, 0.3) is 0 Å². The highest BCUT2D eigenvalue weighted by Crippen LogP contribution is 2.20.